The van der Waals surface area contributed by atoms with Gasteiger partial charge in [-0.1, -0.05) is 6.07 Å². The van der Waals surface area contributed by atoms with Crippen LogP contribution in [0.3, 0.4) is 0 Å². The van der Waals surface area contributed by atoms with E-state index in [-0.39, 0.29) is 18.6 Å². The highest BCUT2D eigenvalue weighted by molar-refractivity contribution is 7.09. The minimum atomic E-state index is -0.491. The molecule has 156 valence electrons. The van der Waals surface area contributed by atoms with Gasteiger partial charge in [0.25, 0.3) is 0 Å². The molecule has 9 heteroatoms. The molecule has 8 nitrogen and oxygen atoms in total. The lowest BCUT2D eigenvalue weighted by Gasteiger charge is -2.31. The molecule has 2 saturated heterocycles. The average molecular weight is 411 g/mol. The molecule has 2 aliphatic heterocycles. The molecule has 3 rings (SSSR count). The molecule has 2 fully saturated rings. The minimum absolute atomic E-state index is 0.0408. The van der Waals surface area contributed by atoms with E-state index in [4.69, 9.17) is 14.2 Å². The zero-order valence-electron chi connectivity index (χ0n) is 16.6. The summed E-state index contributed by atoms with van der Waals surface area (Å²) in [5.41, 5.74) is 0. The fraction of sp³-hybridized carbons (Fsp3) is 0.684. The molecule has 1 spiro atoms. The summed E-state index contributed by atoms with van der Waals surface area (Å²) in [6.45, 7) is 3.31. The van der Waals surface area contributed by atoms with Crippen molar-refractivity contribution in [1.29, 1.82) is 0 Å². The normalized spacial score (nSPS) is 21.6. The van der Waals surface area contributed by atoms with Gasteiger partial charge < -0.3 is 29.7 Å². The largest absolute Gasteiger partial charge is 0.381 e. The summed E-state index contributed by atoms with van der Waals surface area (Å²) in [6, 6.07) is 4.16. The molecule has 2 aliphatic rings. The Hall–Kier alpha value is -1.68. The van der Waals surface area contributed by atoms with Gasteiger partial charge in [-0.3, -0.25) is 4.79 Å². The first-order valence-electron chi connectivity index (χ1n) is 9.70. The first-order valence-corrected chi connectivity index (χ1v) is 10.6. The predicted molar refractivity (Wildman–Crippen MR) is 109 cm³/mol. The van der Waals surface area contributed by atoms with E-state index in [1.807, 2.05) is 6.07 Å². The number of carbonyl (C=O) groups is 1. The highest BCUT2D eigenvalue weighted by Gasteiger charge is 2.42. The van der Waals surface area contributed by atoms with Gasteiger partial charge in [0, 0.05) is 44.9 Å². The summed E-state index contributed by atoms with van der Waals surface area (Å²) in [5.74, 6) is 0.0827. The Kier molecular flexibility index (Phi) is 7.66. The molecule has 3 heterocycles. The zero-order valence-corrected chi connectivity index (χ0v) is 17.4. The number of nitrogens with one attached hydrogen (secondary N) is 2. The number of ether oxygens (including phenoxy) is 3. The number of nitrogens with zero attached hydrogens (tertiary/aromatic N) is 2. The van der Waals surface area contributed by atoms with Crippen LogP contribution in [0.1, 0.15) is 17.7 Å². The number of rotatable bonds is 7. The smallest absolute Gasteiger partial charge is 0.243 e. The fourth-order valence-corrected chi connectivity index (χ4v) is 3.80. The monoisotopic (exact) mass is 410 g/mol. The number of guanidine groups is 1. The van der Waals surface area contributed by atoms with Crippen LogP contribution in [0.15, 0.2) is 22.5 Å². The van der Waals surface area contributed by atoms with E-state index in [0.717, 1.165) is 25.8 Å². The van der Waals surface area contributed by atoms with E-state index < -0.39 is 5.79 Å². The number of aliphatic imine (C=N–C) groups is 1. The van der Waals surface area contributed by atoms with Gasteiger partial charge in [-0.15, -0.1) is 11.3 Å². The van der Waals surface area contributed by atoms with Gasteiger partial charge in [0.15, 0.2) is 11.7 Å². The molecule has 0 saturated carbocycles. The Morgan fingerprint density at radius 3 is 2.89 bits per heavy atom. The molecule has 1 atom stereocenters. The van der Waals surface area contributed by atoms with E-state index >= 15 is 0 Å². The highest BCUT2D eigenvalue weighted by atomic mass is 32.1. The first-order chi connectivity index (χ1) is 13.6. The SMILES string of the molecule is CN(C)C(=O)CN=C(NCCc1cccs1)NCC1COC2(CCOCC2)O1. The molecule has 28 heavy (non-hydrogen) atoms. The van der Waals surface area contributed by atoms with E-state index in [9.17, 15) is 4.79 Å². The third-order valence-corrected chi connectivity index (χ3v) is 5.72. The van der Waals surface area contributed by atoms with Gasteiger partial charge in [0.2, 0.25) is 5.91 Å². The van der Waals surface area contributed by atoms with Gasteiger partial charge in [-0.2, -0.15) is 0 Å². The predicted octanol–water partition coefficient (Wildman–Crippen LogP) is 0.836. The number of carbonyl (C=O) groups excluding carboxylic acids is 1. The van der Waals surface area contributed by atoms with Crippen molar-refractivity contribution in [3.05, 3.63) is 22.4 Å². The number of thiophene rings is 1. The van der Waals surface area contributed by atoms with Gasteiger partial charge in [0.05, 0.1) is 19.8 Å². The summed E-state index contributed by atoms with van der Waals surface area (Å²) in [6.07, 6.45) is 2.39. The lowest BCUT2D eigenvalue weighted by Crippen LogP contribution is -2.44. The number of amides is 1. The van der Waals surface area contributed by atoms with Crippen molar-refractivity contribution in [2.45, 2.75) is 31.2 Å². The van der Waals surface area contributed by atoms with Crippen LogP contribution in [-0.2, 0) is 25.4 Å². The molecule has 1 aromatic heterocycles. The fourth-order valence-electron chi connectivity index (χ4n) is 3.09. The van der Waals surface area contributed by atoms with Crippen LogP contribution in [0, 0.1) is 0 Å². The number of hydrogen-bond acceptors (Lipinski definition) is 6. The summed E-state index contributed by atoms with van der Waals surface area (Å²) >= 11 is 1.74. The number of likely N-dealkylation sites (N-methyl/N-ethyl adjacent to an activating group) is 1. The molecule has 2 N–H and O–H groups in total. The molecule has 0 bridgehead atoms. The zero-order chi connectivity index (χ0) is 19.8. The van der Waals surface area contributed by atoms with Crippen molar-refractivity contribution >= 4 is 23.2 Å². The second-order valence-corrected chi connectivity index (χ2v) is 8.20. The van der Waals surface area contributed by atoms with E-state index in [0.29, 0.717) is 32.3 Å². The number of hydrogen-bond donors (Lipinski definition) is 2. The third kappa shape index (κ3) is 6.16. The molecule has 0 aliphatic carbocycles. The Balaban J connectivity index is 1.49. The van der Waals surface area contributed by atoms with Crippen molar-refractivity contribution in [1.82, 2.24) is 15.5 Å². The topological polar surface area (TPSA) is 84.4 Å². The molecular weight excluding hydrogens is 380 g/mol. The van der Waals surface area contributed by atoms with Crippen LogP contribution in [-0.4, -0.2) is 82.2 Å². The quantitative estimate of drug-likeness (QED) is 0.512. The second kappa shape index (κ2) is 10.2. The van der Waals surface area contributed by atoms with Crippen LogP contribution >= 0.6 is 11.3 Å². The highest BCUT2D eigenvalue weighted by Crippen LogP contribution is 2.32. The molecule has 1 amide bonds. The molecular formula is C19H30N4O4S. The van der Waals surface area contributed by atoms with Gasteiger partial charge in [-0.25, -0.2) is 4.99 Å². The van der Waals surface area contributed by atoms with E-state index in [1.165, 1.54) is 9.78 Å². The minimum Gasteiger partial charge on any atom is -0.381 e. The van der Waals surface area contributed by atoms with Crippen molar-refractivity contribution in [2.75, 3.05) is 53.6 Å². The third-order valence-electron chi connectivity index (χ3n) is 4.78. The summed E-state index contributed by atoms with van der Waals surface area (Å²) in [5, 5.41) is 8.67. The maximum Gasteiger partial charge on any atom is 0.243 e. The Morgan fingerprint density at radius 1 is 1.36 bits per heavy atom. The van der Waals surface area contributed by atoms with Gasteiger partial charge in [0.1, 0.15) is 12.6 Å². The van der Waals surface area contributed by atoms with Crippen molar-refractivity contribution in [3.8, 4) is 0 Å². The standard InChI is InChI=1S/C19H30N4O4S/c1-23(2)17(24)13-22-18(20-8-5-16-4-3-11-28-16)21-12-15-14-26-19(27-15)6-9-25-10-7-19/h3-4,11,15H,5-10,12-14H2,1-2H3,(H2,20,21,22). The lowest BCUT2D eigenvalue weighted by atomic mass is 10.1. The average Bonchev–Trinajstić information content (AvgIpc) is 3.34. The maximum absolute atomic E-state index is 11.9. The van der Waals surface area contributed by atoms with Crippen LogP contribution in [0.4, 0.5) is 0 Å². The Morgan fingerprint density at radius 2 is 2.18 bits per heavy atom. The summed E-state index contributed by atoms with van der Waals surface area (Å²) < 4.78 is 17.5. The van der Waals surface area contributed by atoms with Crippen molar-refractivity contribution in [3.63, 3.8) is 0 Å². The first kappa shape index (κ1) is 21.0. The maximum atomic E-state index is 11.9. The molecule has 0 radical (unpaired) electrons. The van der Waals surface area contributed by atoms with Crippen LogP contribution in [0.5, 0.6) is 0 Å². The van der Waals surface area contributed by atoms with Crippen LogP contribution in [0.25, 0.3) is 0 Å². The summed E-state index contributed by atoms with van der Waals surface area (Å²) in [4.78, 5) is 19.1. The van der Waals surface area contributed by atoms with E-state index in [1.54, 1.807) is 25.4 Å². The Bertz CT molecular complexity index is 644. The van der Waals surface area contributed by atoms with Crippen molar-refractivity contribution < 1.29 is 19.0 Å². The van der Waals surface area contributed by atoms with Crippen LogP contribution in [0.2, 0.25) is 0 Å². The van der Waals surface area contributed by atoms with Gasteiger partial charge >= 0.3 is 0 Å². The van der Waals surface area contributed by atoms with Crippen LogP contribution < -0.4 is 10.6 Å². The second-order valence-electron chi connectivity index (χ2n) is 7.16. The van der Waals surface area contributed by atoms with Gasteiger partial charge in [-0.05, 0) is 17.9 Å². The van der Waals surface area contributed by atoms with Crippen molar-refractivity contribution in [2.24, 2.45) is 4.99 Å². The summed E-state index contributed by atoms with van der Waals surface area (Å²) in [7, 11) is 3.46. The van der Waals surface area contributed by atoms with E-state index in [2.05, 4.69) is 27.1 Å². The molecule has 0 aromatic carbocycles. The molecule has 1 unspecified atom stereocenters. The lowest BCUT2D eigenvalue weighted by molar-refractivity contribution is -0.210. The Labute approximate surface area is 170 Å². The molecule has 1 aromatic rings.